The first-order valence-electron chi connectivity index (χ1n) is 2.47. The minimum Gasteiger partial charge on any atom is -0.428 e. The molecule has 2 bridgehead atoms. The maximum atomic E-state index is 8.96. The summed E-state index contributed by atoms with van der Waals surface area (Å²) in [5, 5.41) is 8.96. The van der Waals surface area contributed by atoms with Crippen LogP contribution >= 0.6 is 0 Å². The average Bonchev–Trinajstić information content (AvgIpc) is 2.29. The molecule has 0 radical (unpaired) electrons. The third-order valence-corrected chi connectivity index (χ3v) is 1.34. The zero-order chi connectivity index (χ0) is 5.56. The molecule has 1 N–H and O–H groups in total. The Balaban J connectivity index is 3.09. The van der Waals surface area contributed by atoms with Crippen molar-refractivity contribution >= 4 is 11.0 Å². The maximum Gasteiger partial charge on any atom is 0.0801 e. The number of rotatable bonds is 0. The third-order valence-electron chi connectivity index (χ3n) is 1.34. The summed E-state index contributed by atoms with van der Waals surface area (Å²) in [6.07, 6.45) is 0. The molecule has 0 aliphatic heterocycles. The molecule has 0 aliphatic carbocycles. The van der Waals surface area contributed by atoms with Gasteiger partial charge in [0.1, 0.15) is 0 Å². The van der Waals surface area contributed by atoms with Gasteiger partial charge in [0.2, 0.25) is 0 Å². The molecule has 2 aromatic heterocycles. The molecule has 0 spiro atoms. The molecular formula is C6H5NO. The Morgan fingerprint density at radius 3 is 1.50 bits per heavy atom. The van der Waals surface area contributed by atoms with Gasteiger partial charge in [0.25, 0.3) is 0 Å². The topological polar surface area (TPSA) is 25.2 Å². The van der Waals surface area contributed by atoms with Crippen LogP contribution < -0.4 is 0 Å². The zero-order valence-electron chi connectivity index (χ0n) is 4.20. The molecule has 2 aromatic rings. The summed E-state index contributed by atoms with van der Waals surface area (Å²) in [5.41, 5.74) is 1.72. The molecule has 2 heterocycles. The standard InChI is InChI=1S/C6H5NO/c8-7-5-1-2-6(7)4-3-5/h1-4,8H. The molecule has 2 rings (SSSR count). The van der Waals surface area contributed by atoms with Crippen LogP contribution in [-0.2, 0) is 0 Å². The number of nitrogens with zero attached hydrogens (tertiary/aromatic N) is 1. The molecule has 0 atom stereocenters. The monoisotopic (exact) mass is 107 g/mol. The van der Waals surface area contributed by atoms with Gasteiger partial charge in [-0.1, -0.05) is 0 Å². The number of hydrogen-bond donors (Lipinski definition) is 1. The van der Waals surface area contributed by atoms with E-state index in [4.69, 9.17) is 5.21 Å². The van der Waals surface area contributed by atoms with Crippen LogP contribution in [0.15, 0.2) is 24.3 Å². The highest BCUT2D eigenvalue weighted by atomic mass is 16.5. The Labute approximate surface area is 46.3 Å². The Kier molecular flexibility index (Phi) is 0.457. The summed E-state index contributed by atoms with van der Waals surface area (Å²) in [7, 11) is 0. The maximum absolute atomic E-state index is 8.96. The molecule has 0 saturated carbocycles. The Bertz CT molecular complexity index is 238. The Morgan fingerprint density at radius 2 is 1.38 bits per heavy atom. The normalized spacial score (nSPS) is 11.0. The predicted molar refractivity (Wildman–Crippen MR) is 30.3 cm³/mol. The van der Waals surface area contributed by atoms with Gasteiger partial charge in [0, 0.05) is 0 Å². The lowest BCUT2D eigenvalue weighted by molar-refractivity contribution is 0.213. The van der Waals surface area contributed by atoms with Gasteiger partial charge in [-0.25, -0.2) is 0 Å². The van der Waals surface area contributed by atoms with Crippen molar-refractivity contribution in [2.24, 2.45) is 0 Å². The summed E-state index contributed by atoms with van der Waals surface area (Å²) < 4.78 is 1.17. The number of hydrogen-bond acceptors (Lipinski definition) is 1. The largest absolute Gasteiger partial charge is 0.428 e. The van der Waals surface area contributed by atoms with Gasteiger partial charge < -0.3 is 5.21 Å². The molecule has 0 fully saturated rings. The first-order valence-corrected chi connectivity index (χ1v) is 2.47. The molecule has 40 valence electrons. The molecule has 8 heavy (non-hydrogen) atoms. The summed E-state index contributed by atoms with van der Waals surface area (Å²) in [6.45, 7) is 0. The Morgan fingerprint density at radius 1 is 1.00 bits per heavy atom. The molecule has 0 amide bonds. The summed E-state index contributed by atoms with van der Waals surface area (Å²) in [5.74, 6) is 0. The average molecular weight is 107 g/mol. The fourth-order valence-corrected chi connectivity index (χ4v) is 0.884. The van der Waals surface area contributed by atoms with Gasteiger partial charge in [0.15, 0.2) is 0 Å². The molecule has 0 unspecified atom stereocenters. The number of fused-ring (bicyclic) bond motifs is 2. The summed E-state index contributed by atoms with van der Waals surface area (Å²) in [6, 6.07) is 7.48. The first-order chi connectivity index (χ1) is 3.88. The van der Waals surface area contributed by atoms with E-state index in [9.17, 15) is 0 Å². The minimum atomic E-state index is 0.861. The summed E-state index contributed by atoms with van der Waals surface area (Å²) >= 11 is 0. The lowest BCUT2D eigenvalue weighted by atomic mass is 10.4. The third kappa shape index (κ3) is 0.249. The van der Waals surface area contributed by atoms with Crippen LogP contribution in [0, 0.1) is 0 Å². The second-order valence-electron chi connectivity index (χ2n) is 1.83. The Hall–Kier alpha value is -1.18. The first kappa shape index (κ1) is 3.78. The fourth-order valence-electron chi connectivity index (χ4n) is 0.884. The van der Waals surface area contributed by atoms with E-state index in [2.05, 4.69) is 0 Å². The van der Waals surface area contributed by atoms with Crippen LogP contribution in [0.25, 0.3) is 11.0 Å². The smallest absolute Gasteiger partial charge is 0.0801 e. The van der Waals surface area contributed by atoms with E-state index in [1.54, 1.807) is 0 Å². The van der Waals surface area contributed by atoms with Crippen molar-refractivity contribution < 1.29 is 5.21 Å². The second-order valence-corrected chi connectivity index (χ2v) is 1.83. The number of benzene rings is 1. The van der Waals surface area contributed by atoms with Gasteiger partial charge in [0.05, 0.1) is 11.0 Å². The van der Waals surface area contributed by atoms with E-state index in [0.29, 0.717) is 0 Å². The molecule has 2 heteroatoms. The van der Waals surface area contributed by atoms with Crippen LogP contribution in [0.5, 0.6) is 0 Å². The fraction of sp³-hybridized carbons (Fsp3) is 0. The highest BCUT2D eigenvalue weighted by Crippen LogP contribution is 2.12. The van der Waals surface area contributed by atoms with Gasteiger partial charge in [-0.3, -0.25) is 0 Å². The van der Waals surface area contributed by atoms with Gasteiger partial charge in [-0.05, 0) is 24.3 Å². The number of aromatic nitrogens is 1. The molecule has 2 nitrogen and oxygen atoms in total. The van der Waals surface area contributed by atoms with E-state index in [1.807, 2.05) is 24.3 Å². The molecule has 0 aromatic carbocycles. The van der Waals surface area contributed by atoms with Crippen molar-refractivity contribution in [3.05, 3.63) is 24.3 Å². The highest BCUT2D eigenvalue weighted by molar-refractivity contribution is 5.66. The van der Waals surface area contributed by atoms with Crippen LogP contribution in [0.1, 0.15) is 0 Å². The summed E-state index contributed by atoms with van der Waals surface area (Å²) in [4.78, 5) is 0. The quantitative estimate of drug-likeness (QED) is 0.504. The molecule has 0 saturated heterocycles. The van der Waals surface area contributed by atoms with Gasteiger partial charge in [-0.15, -0.1) is 0 Å². The van der Waals surface area contributed by atoms with E-state index >= 15 is 0 Å². The van der Waals surface area contributed by atoms with Crippen molar-refractivity contribution in [1.82, 2.24) is 4.73 Å². The molecule has 0 aliphatic rings. The predicted octanol–water partition coefficient (Wildman–Crippen LogP) is 1.32. The SMILES string of the molecule is On1c2ccc1cc2. The molecular weight excluding hydrogens is 102 g/mol. The van der Waals surface area contributed by atoms with Crippen molar-refractivity contribution in [3.8, 4) is 0 Å². The van der Waals surface area contributed by atoms with Gasteiger partial charge in [-0.2, -0.15) is 4.73 Å². The lowest BCUT2D eigenvalue weighted by Gasteiger charge is -1.84. The minimum absolute atomic E-state index is 0.861. The van der Waals surface area contributed by atoms with E-state index in [-0.39, 0.29) is 0 Å². The van der Waals surface area contributed by atoms with E-state index < -0.39 is 0 Å². The van der Waals surface area contributed by atoms with Crippen LogP contribution in [0.3, 0.4) is 0 Å². The van der Waals surface area contributed by atoms with E-state index in [1.165, 1.54) is 4.73 Å². The van der Waals surface area contributed by atoms with Gasteiger partial charge >= 0.3 is 0 Å². The van der Waals surface area contributed by atoms with Crippen molar-refractivity contribution in [1.29, 1.82) is 0 Å². The van der Waals surface area contributed by atoms with Crippen LogP contribution in [0.2, 0.25) is 0 Å². The van der Waals surface area contributed by atoms with Crippen LogP contribution in [0.4, 0.5) is 0 Å². The van der Waals surface area contributed by atoms with Crippen molar-refractivity contribution in [2.75, 3.05) is 0 Å². The van der Waals surface area contributed by atoms with Crippen molar-refractivity contribution in [3.63, 3.8) is 0 Å². The van der Waals surface area contributed by atoms with Crippen molar-refractivity contribution in [2.45, 2.75) is 0 Å². The lowest BCUT2D eigenvalue weighted by Crippen LogP contribution is -1.80. The zero-order valence-corrected chi connectivity index (χ0v) is 4.20. The highest BCUT2D eigenvalue weighted by Gasteiger charge is 1.97. The van der Waals surface area contributed by atoms with E-state index in [0.717, 1.165) is 11.0 Å². The second kappa shape index (κ2) is 0.968. The van der Waals surface area contributed by atoms with Crippen LogP contribution in [-0.4, -0.2) is 9.94 Å².